The van der Waals surface area contributed by atoms with Crippen molar-refractivity contribution in [1.29, 1.82) is 0 Å². The second-order valence-corrected chi connectivity index (χ2v) is 10.7. The van der Waals surface area contributed by atoms with Gasteiger partial charge in [0.2, 0.25) is 0 Å². The summed E-state index contributed by atoms with van der Waals surface area (Å²) >= 11 is 1.55. The van der Waals surface area contributed by atoms with Gasteiger partial charge in [-0.05, 0) is 49.2 Å². The average Bonchev–Trinajstić information content (AvgIpc) is 3.38. The smallest absolute Gasteiger partial charge is 0.319 e. The van der Waals surface area contributed by atoms with Gasteiger partial charge in [-0.3, -0.25) is 4.57 Å². The van der Waals surface area contributed by atoms with E-state index in [1.165, 1.54) is 11.6 Å². The first-order valence-corrected chi connectivity index (χ1v) is 14.1. The van der Waals surface area contributed by atoms with Crippen LogP contribution < -0.4 is 10.6 Å². The molecule has 1 atom stereocenters. The van der Waals surface area contributed by atoms with Crippen LogP contribution in [0.4, 0.5) is 19.3 Å². The van der Waals surface area contributed by atoms with Gasteiger partial charge in [-0.1, -0.05) is 89.6 Å². The topological polar surface area (TPSA) is 71.8 Å². The number of aryl methyl sites for hydroxylation is 2. The van der Waals surface area contributed by atoms with E-state index in [2.05, 4.69) is 46.0 Å². The lowest BCUT2D eigenvalue weighted by Gasteiger charge is -2.21. The van der Waals surface area contributed by atoms with Gasteiger partial charge in [0.25, 0.3) is 0 Å². The van der Waals surface area contributed by atoms with Gasteiger partial charge >= 0.3 is 6.03 Å². The monoisotopic (exact) mass is 569 g/mol. The Morgan fingerprint density at radius 1 is 0.854 bits per heavy atom. The molecule has 208 valence electrons. The molecule has 1 heterocycles. The van der Waals surface area contributed by atoms with Crippen molar-refractivity contribution in [1.82, 2.24) is 20.1 Å². The third-order valence-electron chi connectivity index (χ3n) is 6.48. The number of hydrogen-bond donors (Lipinski definition) is 2. The highest BCUT2D eigenvalue weighted by molar-refractivity contribution is 7.98. The van der Waals surface area contributed by atoms with Crippen LogP contribution in [0.5, 0.6) is 0 Å². The van der Waals surface area contributed by atoms with Gasteiger partial charge < -0.3 is 10.6 Å². The molecule has 41 heavy (non-hydrogen) atoms. The summed E-state index contributed by atoms with van der Waals surface area (Å²) in [4.78, 5) is 13.1. The van der Waals surface area contributed by atoms with Gasteiger partial charge in [0.05, 0.1) is 11.7 Å². The number of benzene rings is 4. The number of aromatic nitrogens is 3. The van der Waals surface area contributed by atoms with E-state index in [1.54, 1.807) is 11.8 Å². The number of carbonyl (C=O) groups is 1. The molecule has 5 rings (SSSR count). The molecular weight excluding hydrogens is 540 g/mol. The SMILES string of the molecule is Cc1ccc(-n2c(SCc3cccc(C)c3)nnc2[C@@H](Cc2ccccc2)NC(=O)Nc2ccc(F)cc2F)cc1. The first kappa shape index (κ1) is 28.0. The first-order valence-electron chi connectivity index (χ1n) is 13.1. The van der Waals surface area contributed by atoms with E-state index in [0.717, 1.165) is 34.5 Å². The van der Waals surface area contributed by atoms with Crippen LogP contribution in [-0.2, 0) is 12.2 Å². The number of amides is 2. The third kappa shape index (κ3) is 7.18. The van der Waals surface area contributed by atoms with Crippen LogP contribution in [0, 0.1) is 25.5 Å². The molecule has 4 aromatic carbocycles. The van der Waals surface area contributed by atoms with E-state index in [4.69, 9.17) is 0 Å². The Kier molecular flexibility index (Phi) is 8.74. The van der Waals surface area contributed by atoms with Crippen LogP contribution in [0.3, 0.4) is 0 Å². The molecule has 0 unspecified atom stereocenters. The highest BCUT2D eigenvalue weighted by Gasteiger charge is 2.25. The Morgan fingerprint density at radius 3 is 2.34 bits per heavy atom. The Hall–Kier alpha value is -4.50. The highest BCUT2D eigenvalue weighted by atomic mass is 32.2. The quantitative estimate of drug-likeness (QED) is 0.180. The Labute approximate surface area is 241 Å². The number of thioether (sulfide) groups is 1. The predicted molar refractivity (Wildman–Crippen MR) is 158 cm³/mol. The largest absolute Gasteiger partial charge is 0.327 e. The van der Waals surface area contributed by atoms with Gasteiger partial charge in [-0.15, -0.1) is 10.2 Å². The fourth-order valence-corrected chi connectivity index (χ4v) is 5.35. The maximum Gasteiger partial charge on any atom is 0.319 e. The van der Waals surface area contributed by atoms with E-state index in [-0.39, 0.29) is 5.69 Å². The minimum absolute atomic E-state index is 0.128. The van der Waals surface area contributed by atoms with Crippen LogP contribution in [-0.4, -0.2) is 20.8 Å². The predicted octanol–water partition coefficient (Wildman–Crippen LogP) is 7.56. The van der Waals surface area contributed by atoms with Crippen molar-refractivity contribution in [3.63, 3.8) is 0 Å². The Bertz CT molecular complexity index is 1640. The molecule has 2 amide bonds. The Balaban J connectivity index is 1.50. The van der Waals surface area contributed by atoms with Crippen LogP contribution in [0.25, 0.3) is 5.69 Å². The number of urea groups is 1. The summed E-state index contributed by atoms with van der Waals surface area (Å²) in [7, 11) is 0. The van der Waals surface area contributed by atoms with Crippen LogP contribution >= 0.6 is 11.8 Å². The van der Waals surface area contributed by atoms with Crippen molar-refractivity contribution < 1.29 is 13.6 Å². The zero-order valence-corrected chi connectivity index (χ0v) is 23.5. The normalized spacial score (nSPS) is 11.7. The van der Waals surface area contributed by atoms with Crippen molar-refractivity contribution in [3.8, 4) is 5.69 Å². The minimum atomic E-state index is -0.864. The number of nitrogens with zero attached hydrogens (tertiary/aromatic N) is 3. The van der Waals surface area contributed by atoms with Crippen molar-refractivity contribution in [2.45, 2.75) is 37.2 Å². The summed E-state index contributed by atoms with van der Waals surface area (Å²) < 4.78 is 29.6. The van der Waals surface area contributed by atoms with E-state index in [1.807, 2.05) is 72.2 Å². The molecular formula is C32H29F2N5OS. The molecule has 9 heteroatoms. The zero-order valence-electron chi connectivity index (χ0n) is 22.6. The summed E-state index contributed by atoms with van der Waals surface area (Å²) in [6.45, 7) is 4.08. The van der Waals surface area contributed by atoms with Gasteiger partial charge in [0.1, 0.15) is 11.6 Å². The lowest BCUT2D eigenvalue weighted by Crippen LogP contribution is -2.35. The average molecular weight is 570 g/mol. The van der Waals surface area contributed by atoms with Crippen LogP contribution in [0.15, 0.2) is 102 Å². The molecule has 0 aliphatic rings. The molecule has 0 fully saturated rings. The summed E-state index contributed by atoms with van der Waals surface area (Å²) in [5.41, 5.74) is 5.15. The van der Waals surface area contributed by atoms with Gasteiger partial charge in [-0.25, -0.2) is 13.6 Å². The maximum atomic E-state index is 14.3. The zero-order chi connectivity index (χ0) is 28.8. The van der Waals surface area contributed by atoms with Crippen molar-refractivity contribution in [3.05, 3.63) is 137 Å². The summed E-state index contributed by atoms with van der Waals surface area (Å²) in [6.07, 6.45) is 0.409. The molecule has 0 spiro atoms. The lowest BCUT2D eigenvalue weighted by molar-refractivity contribution is 0.247. The molecule has 0 saturated heterocycles. The lowest BCUT2D eigenvalue weighted by atomic mass is 10.1. The van der Waals surface area contributed by atoms with Crippen molar-refractivity contribution >= 4 is 23.5 Å². The van der Waals surface area contributed by atoms with E-state index >= 15 is 0 Å². The second-order valence-electron chi connectivity index (χ2n) is 9.75. The molecule has 1 aromatic heterocycles. The maximum absolute atomic E-state index is 14.3. The number of carbonyl (C=O) groups excluding carboxylic acids is 1. The highest BCUT2D eigenvalue weighted by Crippen LogP contribution is 2.29. The number of nitrogens with one attached hydrogen (secondary N) is 2. The van der Waals surface area contributed by atoms with Gasteiger partial charge in [-0.2, -0.15) is 0 Å². The fourth-order valence-electron chi connectivity index (χ4n) is 4.45. The molecule has 0 aliphatic heterocycles. The van der Waals surface area contributed by atoms with Gasteiger partial charge in [0, 0.05) is 23.9 Å². The van der Waals surface area contributed by atoms with Gasteiger partial charge in [0.15, 0.2) is 11.0 Å². The number of hydrogen-bond acceptors (Lipinski definition) is 4. The summed E-state index contributed by atoms with van der Waals surface area (Å²) in [5.74, 6) is -0.374. The molecule has 5 aromatic rings. The first-order chi connectivity index (χ1) is 19.9. The van der Waals surface area contributed by atoms with Crippen molar-refractivity contribution in [2.24, 2.45) is 0 Å². The van der Waals surface area contributed by atoms with Crippen LogP contribution in [0.2, 0.25) is 0 Å². The number of rotatable bonds is 9. The number of anilines is 1. The molecule has 0 saturated carbocycles. The molecule has 2 N–H and O–H groups in total. The third-order valence-corrected chi connectivity index (χ3v) is 7.48. The van der Waals surface area contributed by atoms with Crippen LogP contribution in [0.1, 0.15) is 34.1 Å². The molecule has 0 radical (unpaired) electrons. The van der Waals surface area contributed by atoms with E-state index < -0.39 is 23.7 Å². The van der Waals surface area contributed by atoms with E-state index in [9.17, 15) is 13.6 Å². The molecule has 6 nitrogen and oxygen atoms in total. The molecule has 0 bridgehead atoms. The van der Waals surface area contributed by atoms with Crippen molar-refractivity contribution in [2.75, 3.05) is 5.32 Å². The summed E-state index contributed by atoms with van der Waals surface area (Å²) in [6, 6.07) is 27.7. The fraction of sp³-hybridized carbons (Fsp3) is 0.156. The standard InChI is InChI=1S/C32H29F2N5OS/c1-21-11-14-26(15-12-21)39-30(37-38-32(39)41-20-24-10-6-7-22(2)17-24)29(18-23-8-4-3-5-9-23)36-31(40)35-28-16-13-25(33)19-27(28)34/h3-17,19,29H,18,20H2,1-2H3,(H2,35,36,40)/t29-/m1/s1. The Morgan fingerprint density at radius 2 is 1.61 bits per heavy atom. The minimum Gasteiger partial charge on any atom is -0.327 e. The molecule has 0 aliphatic carbocycles. The second kappa shape index (κ2) is 12.8. The van der Waals surface area contributed by atoms with E-state index in [0.29, 0.717) is 23.2 Å². The number of halogens is 2. The summed E-state index contributed by atoms with van der Waals surface area (Å²) in [5, 5.41) is 15.2.